The average Bonchev–Trinajstić information content (AvgIpc) is 3.15. The van der Waals surface area contributed by atoms with E-state index in [1.807, 2.05) is 36.4 Å². The summed E-state index contributed by atoms with van der Waals surface area (Å²) in [4.78, 5) is 18.4. The molecular formula is C20H25N3O2. The van der Waals surface area contributed by atoms with Crippen molar-refractivity contribution in [1.82, 2.24) is 15.2 Å². The molecule has 0 aliphatic carbocycles. The Bertz CT molecular complexity index is 743. The van der Waals surface area contributed by atoms with Gasteiger partial charge in [0.05, 0.1) is 7.11 Å². The number of fused-ring (bicyclic) bond motifs is 3. The molecule has 0 spiro atoms. The quantitative estimate of drug-likeness (QED) is 0.900. The highest BCUT2D eigenvalue weighted by molar-refractivity contribution is 5.93. The highest BCUT2D eigenvalue weighted by Gasteiger charge is 2.40. The van der Waals surface area contributed by atoms with Crippen LogP contribution in [0.5, 0.6) is 5.75 Å². The van der Waals surface area contributed by atoms with E-state index in [2.05, 4.69) is 22.1 Å². The molecule has 4 heterocycles. The smallest absolute Gasteiger partial charge is 0.267 e. The molecular weight excluding hydrogens is 314 g/mol. The maximum Gasteiger partial charge on any atom is 0.267 e. The molecule has 3 aliphatic heterocycles. The Morgan fingerprint density at radius 3 is 2.52 bits per heavy atom. The van der Waals surface area contributed by atoms with Gasteiger partial charge in [-0.2, -0.15) is 0 Å². The van der Waals surface area contributed by atoms with Crippen LogP contribution in [0, 0.1) is 5.92 Å². The Labute approximate surface area is 148 Å². The van der Waals surface area contributed by atoms with Crippen molar-refractivity contribution in [3.05, 3.63) is 42.1 Å². The highest BCUT2D eigenvalue weighted by Crippen LogP contribution is 2.32. The average molecular weight is 339 g/mol. The first-order valence-electron chi connectivity index (χ1n) is 9.04. The van der Waals surface area contributed by atoms with Crippen molar-refractivity contribution in [1.29, 1.82) is 0 Å². The summed E-state index contributed by atoms with van der Waals surface area (Å²) in [7, 11) is 1.65. The fraction of sp³-hybridized carbons (Fsp3) is 0.450. The maximum atomic E-state index is 12.7. The van der Waals surface area contributed by atoms with Crippen LogP contribution < -0.4 is 10.1 Å². The second kappa shape index (κ2) is 6.56. The molecule has 2 atom stereocenters. The molecule has 132 valence electrons. The lowest BCUT2D eigenvalue weighted by Crippen LogP contribution is -2.62. The number of H-pyrrole nitrogens is 1. The number of nitrogens with zero attached hydrogens (tertiary/aromatic N) is 1. The van der Waals surface area contributed by atoms with E-state index in [0.717, 1.165) is 17.0 Å². The number of hydrogen-bond acceptors (Lipinski definition) is 3. The van der Waals surface area contributed by atoms with Crippen molar-refractivity contribution in [2.45, 2.75) is 31.8 Å². The largest absolute Gasteiger partial charge is 0.497 e. The highest BCUT2D eigenvalue weighted by atomic mass is 16.5. The Balaban J connectivity index is 1.47. The molecule has 3 saturated heterocycles. The molecule has 1 aromatic heterocycles. The number of amides is 1. The van der Waals surface area contributed by atoms with E-state index in [1.165, 1.54) is 25.9 Å². The van der Waals surface area contributed by atoms with Crippen molar-refractivity contribution < 1.29 is 9.53 Å². The van der Waals surface area contributed by atoms with Gasteiger partial charge in [0.1, 0.15) is 11.4 Å². The lowest BCUT2D eigenvalue weighted by atomic mass is 9.79. The second-order valence-corrected chi connectivity index (χ2v) is 7.13. The summed E-state index contributed by atoms with van der Waals surface area (Å²) in [5, 5.41) is 3.27. The molecule has 25 heavy (non-hydrogen) atoms. The third kappa shape index (κ3) is 3.04. The second-order valence-electron chi connectivity index (χ2n) is 7.13. The molecule has 1 aromatic carbocycles. The van der Waals surface area contributed by atoms with E-state index in [-0.39, 0.29) is 11.9 Å². The standard InChI is InChI=1S/C20H25N3O2/c1-13-19(15-9-11-23(13)12-10-15)22-20(24)18-8-7-17(21-18)14-3-5-16(25-2)6-4-14/h3-8,13,15,19,21H,9-12H2,1-2H3,(H,22,24)/t13-,19+/m1/s1. The fourth-order valence-electron chi connectivity index (χ4n) is 4.24. The topological polar surface area (TPSA) is 57.4 Å². The Morgan fingerprint density at radius 1 is 1.16 bits per heavy atom. The minimum absolute atomic E-state index is 0.00892. The number of aromatic amines is 1. The van der Waals surface area contributed by atoms with Crippen LogP contribution in [0.15, 0.2) is 36.4 Å². The molecule has 0 radical (unpaired) electrons. The van der Waals surface area contributed by atoms with Crippen molar-refractivity contribution in [2.24, 2.45) is 5.92 Å². The molecule has 2 bridgehead atoms. The number of hydrogen-bond donors (Lipinski definition) is 2. The number of carbonyl (C=O) groups excluding carboxylic acids is 1. The molecule has 2 aromatic rings. The van der Waals surface area contributed by atoms with Crippen LogP contribution in [0.25, 0.3) is 11.3 Å². The molecule has 0 unspecified atom stereocenters. The van der Waals surface area contributed by atoms with Gasteiger partial charge in [-0.25, -0.2) is 0 Å². The summed E-state index contributed by atoms with van der Waals surface area (Å²) in [6.07, 6.45) is 2.38. The number of methoxy groups -OCH3 is 1. The zero-order valence-electron chi connectivity index (χ0n) is 14.8. The number of carbonyl (C=O) groups is 1. The zero-order chi connectivity index (χ0) is 17.4. The SMILES string of the molecule is COc1ccc(-c2ccc(C(=O)N[C@@H]3C4CCN(CC4)[C@@H]3C)[nH]2)cc1. The van der Waals surface area contributed by atoms with Gasteiger partial charge in [-0.3, -0.25) is 9.69 Å². The van der Waals surface area contributed by atoms with Gasteiger partial charge < -0.3 is 15.0 Å². The van der Waals surface area contributed by atoms with E-state index in [9.17, 15) is 4.79 Å². The van der Waals surface area contributed by atoms with Crippen molar-refractivity contribution in [3.8, 4) is 17.0 Å². The number of benzene rings is 1. The minimum Gasteiger partial charge on any atom is -0.497 e. The number of aromatic nitrogens is 1. The van der Waals surface area contributed by atoms with Gasteiger partial charge in [0.15, 0.2) is 0 Å². The van der Waals surface area contributed by atoms with Gasteiger partial charge in [-0.15, -0.1) is 0 Å². The predicted molar refractivity (Wildman–Crippen MR) is 97.8 cm³/mol. The third-order valence-corrected chi connectivity index (χ3v) is 5.81. The summed E-state index contributed by atoms with van der Waals surface area (Å²) >= 11 is 0. The number of ether oxygens (including phenoxy) is 1. The number of piperidine rings is 3. The normalized spacial score (nSPS) is 27.9. The van der Waals surface area contributed by atoms with Crippen LogP contribution in [0.4, 0.5) is 0 Å². The third-order valence-electron chi connectivity index (χ3n) is 5.81. The fourth-order valence-corrected chi connectivity index (χ4v) is 4.24. The zero-order valence-corrected chi connectivity index (χ0v) is 14.8. The number of rotatable bonds is 4. The van der Waals surface area contributed by atoms with Crippen LogP contribution in [-0.2, 0) is 0 Å². The first-order valence-corrected chi connectivity index (χ1v) is 9.04. The van der Waals surface area contributed by atoms with Crippen LogP contribution in [0.2, 0.25) is 0 Å². The summed E-state index contributed by atoms with van der Waals surface area (Å²) in [5.41, 5.74) is 2.60. The Morgan fingerprint density at radius 2 is 1.88 bits per heavy atom. The predicted octanol–water partition coefficient (Wildman–Crippen LogP) is 2.90. The van der Waals surface area contributed by atoms with Crippen LogP contribution >= 0.6 is 0 Å². The molecule has 2 N–H and O–H groups in total. The molecule has 3 fully saturated rings. The number of nitrogens with one attached hydrogen (secondary N) is 2. The van der Waals surface area contributed by atoms with E-state index >= 15 is 0 Å². The lowest BCUT2D eigenvalue weighted by molar-refractivity contribution is 0.0216. The van der Waals surface area contributed by atoms with Crippen molar-refractivity contribution >= 4 is 5.91 Å². The van der Waals surface area contributed by atoms with Gasteiger partial charge >= 0.3 is 0 Å². The Kier molecular flexibility index (Phi) is 4.25. The molecule has 5 heteroatoms. The van der Waals surface area contributed by atoms with Gasteiger partial charge in [-0.05, 0) is 80.7 Å². The first kappa shape index (κ1) is 16.2. The molecule has 5 nitrogen and oxygen atoms in total. The summed E-state index contributed by atoms with van der Waals surface area (Å²) in [6, 6.07) is 12.3. The van der Waals surface area contributed by atoms with Crippen LogP contribution in [0.3, 0.4) is 0 Å². The maximum absolute atomic E-state index is 12.7. The minimum atomic E-state index is -0.00892. The van der Waals surface area contributed by atoms with Crippen molar-refractivity contribution in [2.75, 3.05) is 20.2 Å². The summed E-state index contributed by atoms with van der Waals surface area (Å²) in [6.45, 7) is 4.57. The van der Waals surface area contributed by atoms with E-state index in [0.29, 0.717) is 17.7 Å². The summed E-state index contributed by atoms with van der Waals surface area (Å²) in [5.74, 6) is 1.43. The molecule has 1 amide bonds. The van der Waals surface area contributed by atoms with Crippen molar-refractivity contribution in [3.63, 3.8) is 0 Å². The first-order chi connectivity index (χ1) is 12.2. The lowest BCUT2D eigenvalue weighted by Gasteiger charge is -2.49. The monoisotopic (exact) mass is 339 g/mol. The van der Waals surface area contributed by atoms with Gasteiger partial charge in [-0.1, -0.05) is 0 Å². The van der Waals surface area contributed by atoms with Crippen LogP contribution in [0.1, 0.15) is 30.3 Å². The molecule has 3 aliphatic rings. The van der Waals surface area contributed by atoms with E-state index < -0.39 is 0 Å². The van der Waals surface area contributed by atoms with Gasteiger partial charge in [0.2, 0.25) is 0 Å². The van der Waals surface area contributed by atoms with Crippen LogP contribution in [-0.4, -0.2) is 48.1 Å². The van der Waals surface area contributed by atoms with E-state index in [1.54, 1.807) is 7.11 Å². The molecule has 5 rings (SSSR count). The molecule has 0 saturated carbocycles. The Hall–Kier alpha value is -2.27. The summed E-state index contributed by atoms with van der Waals surface area (Å²) < 4.78 is 5.19. The van der Waals surface area contributed by atoms with Gasteiger partial charge in [0.25, 0.3) is 5.91 Å². The van der Waals surface area contributed by atoms with Gasteiger partial charge in [0, 0.05) is 17.8 Å². The van der Waals surface area contributed by atoms with E-state index in [4.69, 9.17) is 4.74 Å².